The summed E-state index contributed by atoms with van der Waals surface area (Å²) >= 11 is 0. The molecule has 1 heterocycles. The second kappa shape index (κ2) is 8.27. The van der Waals surface area contributed by atoms with Crippen LogP contribution in [0.1, 0.15) is 33.9 Å². The van der Waals surface area contributed by atoms with Crippen LogP contribution in [0.4, 0.5) is 0 Å². The average Bonchev–Trinajstić information content (AvgIpc) is 3.23. The molecule has 0 saturated heterocycles. The molecule has 0 spiro atoms. The Morgan fingerprint density at radius 1 is 1.11 bits per heavy atom. The summed E-state index contributed by atoms with van der Waals surface area (Å²) in [7, 11) is 1.33. The molecule has 0 aliphatic carbocycles. The first-order chi connectivity index (χ1) is 13.1. The third-order valence-electron chi connectivity index (χ3n) is 4.20. The second-order valence-electron chi connectivity index (χ2n) is 6.10. The summed E-state index contributed by atoms with van der Waals surface area (Å²) in [5.41, 5.74) is 3.23. The highest BCUT2D eigenvalue weighted by Crippen LogP contribution is 2.19. The molecule has 3 aromatic rings. The van der Waals surface area contributed by atoms with E-state index in [1.807, 2.05) is 31.2 Å². The maximum Gasteiger partial charge on any atom is 0.307 e. The van der Waals surface area contributed by atoms with E-state index in [2.05, 4.69) is 15.4 Å². The minimum absolute atomic E-state index is 0.0579. The van der Waals surface area contributed by atoms with E-state index in [9.17, 15) is 9.59 Å². The van der Waals surface area contributed by atoms with Gasteiger partial charge in [0.25, 0.3) is 5.91 Å². The standard InChI is InChI=1S/C20H20N4O3/c1-14-3-5-15(6-4-14)18(11-19(25)27-2)23-20(26)16-7-9-17(10-8-16)24-13-21-12-22-24/h3-10,12-13,18H,11H2,1-2H3,(H,23,26)/t18-/m1/s1. The number of ether oxygens (including phenoxy) is 1. The van der Waals surface area contributed by atoms with Crippen LogP contribution in [-0.4, -0.2) is 33.8 Å². The molecule has 1 atom stereocenters. The number of nitrogens with one attached hydrogen (secondary N) is 1. The van der Waals surface area contributed by atoms with Crippen molar-refractivity contribution in [3.8, 4) is 5.69 Å². The Balaban J connectivity index is 1.77. The number of carbonyl (C=O) groups is 2. The number of benzene rings is 2. The van der Waals surface area contributed by atoms with E-state index in [1.165, 1.54) is 13.4 Å². The van der Waals surface area contributed by atoms with E-state index >= 15 is 0 Å². The van der Waals surface area contributed by atoms with E-state index in [4.69, 9.17) is 4.74 Å². The number of rotatable bonds is 6. The van der Waals surface area contributed by atoms with E-state index in [1.54, 1.807) is 35.3 Å². The van der Waals surface area contributed by atoms with Gasteiger partial charge in [0.15, 0.2) is 0 Å². The Morgan fingerprint density at radius 3 is 2.41 bits per heavy atom. The number of aryl methyl sites for hydroxylation is 1. The highest BCUT2D eigenvalue weighted by Gasteiger charge is 2.19. The topological polar surface area (TPSA) is 86.1 Å². The highest BCUT2D eigenvalue weighted by atomic mass is 16.5. The van der Waals surface area contributed by atoms with Crippen LogP contribution in [0.2, 0.25) is 0 Å². The van der Waals surface area contributed by atoms with Crippen LogP contribution in [0.15, 0.2) is 61.2 Å². The summed E-state index contributed by atoms with van der Waals surface area (Å²) in [6.45, 7) is 1.98. The van der Waals surface area contributed by atoms with Crippen molar-refractivity contribution < 1.29 is 14.3 Å². The van der Waals surface area contributed by atoms with Crippen LogP contribution in [0, 0.1) is 6.92 Å². The number of amides is 1. The van der Waals surface area contributed by atoms with Gasteiger partial charge in [-0.05, 0) is 36.8 Å². The third-order valence-corrected chi connectivity index (χ3v) is 4.20. The van der Waals surface area contributed by atoms with Crippen molar-refractivity contribution in [3.05, 3.63) is 77.9 Å². The number of methoxy groups -OCH3 is 1. The minimum Gasteiger partial charge on any atom is -0.469 e. The van der Waals surface area contributed by atoms with Crippen molar-refractivity contribution in [2.45, 2.75) is 19.4 Å². The monoisotopic (exact) mass is 364 g/mol. The molecule has 1 aromatic heterocycles. The van der Waals surface area contributed by atoms with Crippen LogP contribution in [0.5, 0.6) is 0 Å². The fourth-order valence-corrected chi connectivity index (χ4v) is 2.65. The number of esters is 1. The number of nitrogens with zero attached hydrogens (tertiary/aromatic N) is 3. The Labute approximate surface area is 157 Å². The lowest BCUT2D eigenvalue weighted by Gasteiger charge is -2.18. The quantitative estimate of drug-likeness (QED) is 0.680. The SMILES string of the molecule is COC(=O)C[C@@H](NC(=O)c1ccc(-n2cncn2)cc1)c1ccc(C)cc1. The largest absolute Gasteiger partial charge is 0.469 e. The number of carbonyl (C=O) groups excluding carboxylic acids is 2. The Kier molecular flexibility index (Phi) is 5.61. The van der Waals surface area contributed by atoms with E-state index in [0.29, 0.717) is 5.56 Å². The van der Waals surface area contributed by atoms with Gasteiger partial charge < -0.3 is 10.1 Å². The summed E-state index contributed by atoms with van der Waals surface area (Å²) in [6.07, 6.45) is 3.08. The molecule has 2 aromatic carbocycles. The van der Waals surface area contributed by atoms with Gasteiger partial charge in [0.05, 0.1) is 25.3 Å². The zero-order valence-corrected chi connectivity index (χ0v) is 15.1. The maximum atomic E-state index is 12.7. The smallest absolute Gasteiger partial charge is 0.307 e. The maximum absolute atomic E-state index is 12.7. The third kappa shape index (κ3) is 4.58. The van der Waals surface area contributed by atoms with E-state index < -0.39 is 6.04 Å². The molecule has 7 heteroatoms. The molecule has 0 radical (unpaired) electrons. The molecular weight excluding hydrogens is 344 g/mol. The summed E-state index contributed by atoms with van der Waals surface area (Å²) in [5, 5.41) is 6.97. The average molecular weight is 364 g/mol. The first kappa shape index (κ1) is 18.3. The molecule has 1 amide bonds. The molecule has 27 heavy (non-hydrogen) atoms. The lowest BCUT2D eigenvalue weighted by molar-refractivity contribution is -0.141. The van der Waals surface area contributed by atoms with E-state index in [0.717, 1.165) is 16.8 Å². The number of hydrogen-bond acceptors (Lipinski definition) is 5. The molecule has 0 bridgehead atoms. The lowest BCUT2D eigenvalue weighted by atomic mass is 10.0. The fraction of sp³-hybridized carbons (Fsp3) is 0.200. The van der Waals surface area contributed by atoms with Crippen molar-refractivity contribution in [2.24, 2.45) is 0 Å². The molecule has 7 nitrogen and oxygen atoms in total. The fourth-order valence-electron chi connectivity index (χ4n) is 2.65. The molecule has 0 unspecified atom stereocenters. The predicted octanol–water partition coefficient (Wildman–Crippen LogP) is 2.61. The first-order valence-electron chi connectivity index (χ1n) is 8.46. The van der Waals surface area contributed by atoms with Gasteiger partial charge in [-0.3, -0.25) is 9.59 Å². The van der Waals surface area contributed by atoms with Crippen molar-refractivity contribution in [1.82, 2.24) is 20.1 Å². The van der Waals surface area contributed by atoms with Gasteiger partial charge in [-0.25, -0.2) is 9.67 Å². The van der Waals surface area contributed by atoms with Gasteiger partial charge in [0.1, 0.15) is 12.7 Å². The van der Waals surface area contributed by atoms with Crippen molar-refractivity contribution in [3.63, 3.8) is 0 Å². The zero-order chi connectivity index (χ0) is 19.2. The molecule has 0 aliphatic rings. The Morgan fingerprint density at radius 2 is 1.81 bits per heavy atom. The summed E-state index contributed by atoms with van der Waals surface area (Å²) < 4.78 is 6.37. The molecule has 0 saturated carbocycles. The second-order valence-corrected chi connectivity index (χ2v) is 6.10. The normalized spacial score (nSPS) is 11.6. The Bertz CT molecular complexity index is 903. The van der Waals surface area contributed by atoms with Crippen LogP contribution >= 0.6 is 0 Å². The van der Waals surface area contributed by atoms with Crippen molar-refractivity contribution in [2.75, 3.05) is 7.11 Å². The van der Waals surface area contributed by atoms with Gasteiger partial charge in [-0.1, -0.05) is 29.8 Å². The predicted molar refractivity (Wildman–Crippen MR) is 99.4 cm³/mol. The zero-order valence-electron chi connectivity index (χ0n) is 15.1. The van der Waals surface area contributed by atoms with Gasteiger partial charge in [-0.15, -0.1) is 0 Å². The van der Waals surface area contributed by atoms with Crippen LogP contribution in [0.25, 0.3) is 5.69 Å². The van der Waals surface area contributed by atoms with E-state index in [-0.39, 0.29) is 18.3 Å². The molecule has 138 valence electrons. The molecule has 0 aliphatic heterocycles. The molecule has 0 fully saturated rings. The first-order valence-corrected chi connectivity index (χ1v) is 8.46. The molecule has 1 N–H and O–H groups in total. The Hall–Kier alpha value is -3.48. The molecule has 3 rings (SSSR count). The van der Waals surface area contributed by atoms with Gasteiger partial charge >= 0.3 is 5.97 Å². The van der Waals surface area contributed by atoms with Crippen molar-refractivity contribution >= 4 is 11.9 Å². The highest BCUT2D eigenvalue weighted by molar-refractivity contribution is 5.94. The minimum atomic E-state index is -0.472. The van der Waals surface area contributed by atoms with Crippen LogP contribution in [-0.2, 0) is 9.53 Å². The number of aromatic nitrogens is 3. The summed E-state index contributed by atoms with van der Waals surface area (Å²) in [5.74, 6) is -0.656. The van der Waals surface area contributed by atoms with Gasteiger partial charge in [0.2, 0.25) is 0 Å². The van der Waals surface area contributed by atoms with Gasteiger partial charge in [0, 0.05) is 5.56 Å². The summed E-state index contributed by atoms with van der Waals surface area (Å²) in [4.78, 5) is 28.3. The summed E-state index contributed by atoms with van der Waals surface area (Å²) in [6, 6.07) is 14.2. The van der Waals surface area contributed by atoms with Gasteiger partial charge in [-0.2, -0.15) is 5.10 Å². The van der Waals surface area contributed by atoms with Crippen LogP contribution in [0.3, 0.4) is 0 Å². The molecular formula is C20H20N4O3. The lowest BCUT2D eigenvalue weighted by Crippen LogP contribution is -2.30. The number of hydrogen-bond donors (Lipinski definition) is 1. The van der Waals surface area contributed by atoms with Crippen molar-refractivity contribution in [1.29, 1.82) is 0 Å². The van der Waals surface area contributed by atoms with Crippen LogP contribution < -0.4 is 5.32 Å².